The van der Waals surface area contributed by atoms with E-state index in [2.05, 4.69) is 4.98 Å². The summed E-state index contributed by atoms with van der Waals surface area (Å²) in [6, 6.07) is 20.2. The van der Waals surface area contributed by atoms with Crippen molar-refractivity contribution < 1.29 is 14.3 Å². The van der Waals surface area contributed by atoms with Crippen LogP contribution in [-0.4, -0.2) is 27.9 Å². The average Bonchev–Trinajstić information content (AvgIpc) is 3.38. The summed E-state index contributed by atoms with van der Waals surface area (Å²) in [5, 5.41) is 10.3. The van der Waals surface area contributed by atoms with Gasteiger partial charge < -0.3 is 14.4 Å². The van der Waals surface area contributed by atoms with E-state index in [4.69, 9.17) is 4.42 Å². The third kappa shape index (κ3) is 3.68. The van der Waals surface area contributed by atoms with E-state index in [1.165, 1.54) is 11.3 Å². The maximum absolute atomic E-state index is 13.2. The third-order valence-electron chi connectivity index (χ3n) is 4.28. The van der Waals surface area contributed by atoms with Crippen molar-refractivity contribution >= 4 is 17.2 Å². The first-order valence-corrected chi connectivity index (χ1v) is 9.57. The molecule has 1 N–H and O–H groups in total. The van der Waals surface area contributed by atoms with E-state index in [1.54, 1.807) is 42.5 Å². The molecule has 4 rings (SSSR count). The largest absolute Gasteiger partial charge is 0.508 e. The van der Waals surface area contributed by atoms with Crippen LogP contribution in [0.2, 0.25) is 0 Å². The highest BCUT2D eigenvalue weighted by Gasteiger charge is 2.23. The van der Waals surface area contributed by atoms with E-state index in [-0.39, 0.29) is 11.7 Å². The number of phenolic OH excluding ortho intramolecular Hbond substituents is 1. The predicted molar refractivity (Wildman–Crippen MR) is 109 cm³/mol. The lowest BCUT2D eigenvalue weighted by molar-refractivity contribution is 0.0790. The normalized spacial score (nSPS) is 10.8. The number of rotatable bonds is 5. The number of phenols is 1. The van der Waals surface area contributed by atoms with E-state index >= 15 is 0 Å². The van der Waals surface area contributed by atoms with Crippen LogP contribution in [0.15, 0.2) is 77.4 Å². The van der Waals surface area contributed by atoms with Gasteiger partial charge in [-0.25, -0.2) is 4.98 Å². The average molecular weight is 390 g/mol. The summed E-state index contributed by atoms with van der Waals surface area (Å²) in [6.07, 6.45) is 1.59. The minimum atomic E-state index is -0.127. The lowest BCUT2D eigenvalue weighted by atomic mass is 10.1. The summed E-state index contributed by atoms with van der Waals surface area (Å²) in [4.78, 5) is 20.1. The van der Waals surface area contributed by atoms with Gasteiger partial charge in [0.25, 0.3) is 5.91 Å². The fourth-order valence-corrected chi connectivity index (χ4v) is 3.99. The molecule has 0 saturated carbocycles. The Morgan fingerprint density at radius 3 is 2.64 bits per heavy atom. The fourth-order valence-electron chi connectivity index (χ4n) is 2.94. The molecule has 0 spiro atoms. The predicted octanol–water partition coefficient (Wildman–Crippen LogP) is 5.05. The van der Waals surface area contributed by atoms with Crippen LogP contribution < -0.4 is 0 Å². The van der Waals surface area contributed by atoms with Crippen LogP contribution in [0.1, 0.15) is 15.2 Å². The molecule has 0 fully saturated rings. The Morgan fingerprint density at radius 2 is 1.93 bits per heavy atom. The van der Waals surface area contributed by atoms with Crippen molar-refractivity contribution in [1.29, 1.82) is 0 Å². The highest BCUT2D eigenvalue weighted by molar-refractivity contribution is 7.17. The summed E-state index contributed by atoms with van der Waals surface area (Å²) in [7, 11) is 1.74. The molecule has 0 aliphatic heterocycles. The Kier molecular flexibility index (Phi) is 4.95. The van der Waals surface area contributed by atoms with Gasteiger partial charge >= 0.3 is 0 Å². The standard InChI is InChI=1S/C22H18N2O3S/c1-24(14-15-7-5-10-17(25)13-15)22(26)20-19(16-8-3-2-4-9-16)23-21(28-20)18-11-6-12-27-18/h2-13,25H,14H2,1H3. The van der Waals surface area contributed by atoms with Gasteiger partial charge in [0, 0.05) is 19.2 Å². The molecule has 0 radical (unpaired) electrons. The van der Waals surface area contributed by atoms with Gasteiger partial charge in [-0.3, -0.25) is 4.79 Å². The number of hydrogen-bond donors (Lipinski definition) is 1. The van der Waals surface area contributed by atoms with Crippen molar-refractivity contribution in [2.24, 2.45) is 0 Å². The van der Waals surface area contributed by atoms with Gasteiger partial charge in [-0.15, -0.1) is 11.3 Å². The van der Waals surface area contributed by atoms with Crippen LogP contribution in [-0.2, 0) is 6.54 Å². The number of nitrogens with zero attached hydrogens (tertiary/aromatic N) is 2. The first kappa shape index (κ1) is 18.0. The van der Waals surface area contributed by atoms with Gasteiger partial charge in [0.2, 0.25) is 0 Å². The second-order valence-electron chi connectivity index (χ2n) is 6.37. The number of benzene rings is 2. The highest BCUT2D eigenvalue weighted by atomic mass is 32.1. The number of amides is 1. The number of aromatic hydroxyl groups is 1. The molecule has 0 atom stereocenters. The van der Waals surface area contributed by atoms with Crippen molar-refractivity contribution in [2.45, 2.75) is 6.54 Å². The Hall–Kier alpha value is -3.38. The van der Waals surface area contributed by atoms with E-state index in [0.29, 0.717) is 27.9 Å². The van der Waals surface area contributed by atoms with Crippen LogP contribution >= 0.6 is 11.3 Å². The molecular weight excluding hydrogens is 372 g/mol. The number of carbonyl (C=O) groups is 1. The molecule has 2 heterocycles. The molecule has 140 valence electrons. The Labute approximate surface area is 166 Å². The quantitative estimate of drug-likeness (QED) is 0.518. The van der Waals surface area contributed by atoms with Gasteiger partial charge in [-0.2, -0.15) is 0 Å². The van der Waals surface area contributed by atoms with Crippen molar-refractivity contribution in [3.63, 3.8) is 0 Å². The van der Waals surface area contributed by atoms with Crippen molar-refractivity contribution in [2.75, 3.05) is 7.05 Å². The molecular formula is C22H18N2O3S. The van der Waals surface area contributed by atoms with Crippen LogP contribution in [0.5, 0.6) is 5.75 Å². The van der Waals surface area contributed by atoms with Gasteiger partial charge in [0.1, 0.15) is 10.6 Å². The molecule has 2 aromatic carbocycles. The molecule has 0 unspecified atom stereocenters. The summed E-state index contributed by atoms with van der Waals surface area (Å²) < 4.78 is 5.47. The molecule has 0 bridgehead atoms. The summed E-state index contributed by atoms with van der Waals surface area (Å²) in [5.74, 6) is 0.690. The van der Waals surface area contributed by atoms with Crippen LogP contribution in [0.25, 0.3) is 22.0 Å². The number of hydrogen-bond acceptors (Lipinski definition) is 5. The van der Waals surface area contributed by atoms with E-state index in [1.807, 2.05) is 42.5 Å². The Morgan fingerprint density at radius 1 is 1.11 bits per heavy atom. The zero-order valence-corrected chi connectivity index (χ0v) is 16.0. The lowest BCUT2D eigenvalue weighted by Gasteiger charge is -2.17. The van der Waals surface area contributed by atoms with Crippen LogP contribution in [0.3, 0.4) is 0 Å². The number of aromatic nitrogens is 1. The Bertz CT molecular complexity index is 1090. The summed E-state index contributed by atoms with van der Waals surface area (Å²) in [5.41, 5.74) is 2.38. The van der Waals surface area contributed by atoms with Crippen molar-refractivity contribution in [1.82, 2.24) is 9.88 Å². The Balaban J connectivity index is 1.70. The van der Waals surface area contributed by atoms with E-state index < -0.39 is 0 Å². The topological polar surface area (TPSA) is 66.6 Å². The molecule has 4 aromatic rings. The summed E-state index contributed by atoms with van der Waals surface area (Å²) >= 11 is 1.32. The maximum atomic E-state index is 13.2. The molecule has 0 saturated heterocycles. The highest BCUT2D eigenvalue weighted by Crippen LogP contribution is 2.35. The second kappa shape index (κ2) is 7.70. The minimum Gasteiger partial charge on any atom is -0.508 e. The monoisotopic (exact) mass is 390 g/mol. The zero-order valence-electron chi connectivity index (χ0n) is 15.2. The van der Waals surface area contributed by atoms with Gasteiger partial charge in [-0.05, 0) is 29.8 Å². The third-order valence-corrected chi connectivity index (χ3v) is 5.34. The first-order valence-electron chi connectivity index (χ1n) is 8.75. The van der Waals surface area contributed by atoms with Crippen LogP contribution in [0, 0.1) is 0 Å². The number of thiazole rings is 1. The maximum Gasteiger partial charge on any atom is 0.266 e. The summed E-state index contributed by atoms with van der Waals surface area (Å²) in [6.45, 7) is 0.384. The fraction of sp³-hybridized carbons (Fsp3) is 0.0909. The van der Waals surface area contributed by atoms with Crippen LogP contribution in [0.4, 0.5) is 0 Å². The smallest absolute Gasteiger partial charge is 0.266 e. The lowest BCUT2D eigenvalue weighted by Crippen LogP contribution is -2.25. The van der Waals surface area contributed by atoms with E-state index in [0.717, 1.165) is 11.1 Å². The second-order valence-corrected chi connectivity index (χ2v) is 7.37. The minimum absolute atomic E-state index is 0.127. The van der Waals surface area contributed by atoms with Gasteiger partial charge in [-0.1, -0.05) is 42.5 Å². The number of carbonyl (C=O) groups excluding carboxylic acids is 1. The van der Waals surface area contributed by atoms with Crippen molar-refractivity contribution in [3.05, 3.63) is 83.4 Å². The molecule has 0 aliphatic carbocycles. The zero-order chi connectivity index (χ0) is 19.5. The first-order chi connectivity index (χ1) is 13.6. The molecule has 5 nitrogen and oxygen atoms in total. The molecule has 2 aromatic heterocycles. The van der Waals surface area contributed by atoms with Gasteiger partial charge in [0.05, 0.1) is 12.0 Å². The van der Waals surface area contributed by atoms with Crippen molar-refractivity contribution in [3.8, 4) is 27.8 Å². The SMILES string of the molecule is CN(Cc1cccc(O)c1)C(=O)c1sc(-c2ccco2)nc1-c1ccccc1. The molecule has 1 amide bonds. The molecule has 28 heavy (non-hydrogen) atoms. The molecule has 6 heteroatoms. The van der Waals surface area contributed by atoms with E-state index in [9.17, 15) is 9.90 Å². The molecule has 0 aliphatic rings. The van der Waals surface area contributed by atoms with Gasteiger partial charge in [0.15, 0.2) is 10.8 Å². The number of furan rings is 1.